The van der Waals surface area contributed by atoms with Gasteiger partial charge >= 0.3 is 17.7 Å². The number of aromatic nitrogens is 2. The zero-order valence-electron chi connectivity index (χ0n) is 19.6. The molecule has 1 aromatic carbocycles. The molecule has 2 aliphatic rings. The predicted octanol–water partition coefficient (Wildman–Crippen LogP) is 4.08. The Balaban J connectivity index is 0.00000103. The first-order chi connectivity index (χ1) is 16.2. The van der Waals surface area contributed by atoms with E-state index in [-0.39, 0.29) is 36.0 Å². The van der Waals surface area contributed by atoms with Crippen LogP contribution in [-0.4, -0.2) is 54.2 Å². The number of benzene rings is 1. The van der Waals surface area contributed by atoms with E-state index in [4.69, 9.17) is 17.9 Å². The Morgan fingerprint density at radius 3 is 2.68 bits per heavy atom. The summed E-state index contributed by atoms with van der Waals surface area (Å²) in [6.45, 7) is 7.87. The fraction of sp³-hybridized carbons (Fsp3) is 0.522. The number of carbonyl (C=O) groups is 1. The van der Waals surface area contributed by atoms with Crippen molar-refractivity contribution < 1.29 is 27.1 Å². The first-order valence-corrected chi connectivity index (χ1v) is 11.8. The number of fused-ring (bicyclic) bond motifs is 2. The molecular weight excluding hydrogens is 463 g/mol. The van der Waals surface area contributed by atoms with Gasteiger partial charge in [-0.15, -0.1) is 0 Å². The molecule has 2 saturated heterocycles. The molecule has 0 spiro atoms. The summed E-state index contributed by atoms with van der Waals surface area (Å²) in [5.74, 6) is 0.863. The lowest BCUT2D eigenvalue weighted by molar-refractivity contribution is 0.0686. The minimum Gasteiger partial charge on any atom is -0.477 e. The number of hydrogen-bond acceptors (Lipinski definition) is 8. The van der Waals surface area contributed by atoms with Gasteiger partial charge in [-0.05, 0) is 64.7 Å². The third-order valence-corrected chi connectivity index (χ3v) is 6.06. The highest BCUT2D eigenvalue weighted by atomic mass is 32.1. The van der Waals surface area contributed by atoms with Crippen molar-refractivity contribution >= 4 is 29.2 Å². The summed E-state index contributed by atoms with van der Waals surface area (Å²) in [6.07, 6.45) is 3.93. The van der Waals surface area contributed by atoms with Crippen molar-refractivity contribution in [2.75, 3.05) is 11.9 Å². The molecule has 2 aromatic rings. The lowest BCUT2D eigenvalue weighted by Crippen LogP contribution is -2.38. The standard InChI is InChI=1S/C23H29FN4O3.O2S/c1-13(2)31-23(29)28-17-6-8-20(28)16(10-17)11-30-22-15(4)21(25-12-26-22)27-19-7-5-14(3)9-18(19)24;1-3-2/h5,7,9,12-13,16-17,20H,6,8,10-11H2,1-4H3,(H,25,26,27);. The van der Waals surface area contributed by atoms with Crippen LogP contribution in [0.2, 0.25) is 0 Å². The van der Waals surface area contributed by atoms with Crippen LogP contribution < -0.4 is 10.1 Å². The van der Waals surface area contributed by atoms with Gasteiger partial charge in [-0.25, -0.2) is 19.2 Å². The number of nitrogens with one attached hydrogen (secondary N) is 1. The Bertz CT molecular complexity index is 1060. The molecular formula is C23H29FN4O5S. The number of hydrogen-bond donors (Lipinski definition) is 1. The summed E-state index contributed by atoms with van der Waals surface area (Å²) in [5.41, 5.74) is 1.91. The largest absolute Gasteiger partial charge is 0.477 e. The van der Waals surface area contributed by atoms with Crippen molar-refractivity contribution in [2.24, 2.45) is 5.92 Å². The van der Waals surface area contributed by atoms with E-state index in [0.29, 0.717) is 29.6 Å². The molecule has 1 amide bonds. The highest BCUT2D eigenvalue weighted by molar-refractivity contribution is 7.51. The first kappa shape index (κ1) is 25.5. The van der Waals surface area contributed by atoms with E-state index in [2.05, 4.69) is 15.3 Å². The molecule has 0 radical (unpaired) electrons. The van der Waals surface area contributed by atoms with Crippen LogP contribution in [0.1, 0.15) is 44.2 Å². The fourth-order valence-electron chi connectivity index (χ4n) is 4.58. The van der Waals surface area contributed by atoms with Crippen molar-refractivity contribution in [3.05, 3.63) is 41.5 Å². The van der Waals surface area contributed by atoms with Gasteiger partial charge in [0.2, 0.25) is 5.88 Å². The number of ether oxygens (including phenoxy) is 2. The van der Waals surface area contributed by atoms with Crippen molar-refractivity contribution in [1.82, 2.24) is 14.9 Å². The van der Waals surface area contributed by atoms with Gasteiger partial charge in [0.1, 0.15) is 18.0 Å². The second-order valence-electron chi connectivity index (χ2n) is 8.77. The Hall–Kier alpha value is -3.08. The molecule has 11 heteroatoms. The summed E-state index contributed by atoms with van der Waals surface area (Å²) in [4.78, 5) is 22.9. The Kier molecular flexibility index (Phi) is 8.54. The molecule has 3 unspecified atom stereocenters. The number of halogens is 1. The number of aryl methyl sites for hydroxylation is 1. The van der Waals surface area contributed by atoms with E-state index in [1.807, 2.05) is 38.7 Å². The SMILES string of the molecule is Cc1ccc(Nc2ncnc(OCC3CC4CCC3N4C(=O)OC(C)C)c2C)c(F)c1.O=S=O. The smallest absolute Gasteiger partial charge is 0.410 e. The molecule has 9 nitrogen and oxygen atoms in total. The maximum atomic E-state index is 14.2. The van der Waals surface area contributed by atoms with E-state index in [1.54, 1.807) is 6.07 Å². The topological polar surface area (TPSA) is 111 Å². The number of amides is 1. The summed E-state index contributed by atoms with van der Waals surface area (Å²) >= 11 is -0.750. The molecule has 2 bridgehead atoms. The zero-order valence-corrected chi connectivity index (χ0v) is 20.4. The normalized spacial score (nSPS) is 20.5. The average molecular weight is 493 g/mol. The van der Waals surface area contributed by atoms with E-state index in [0.717, 1.165) is 24.8 Å². The molecule has 184 valence electrons. The maximum absolute atomic E-state index is 14.2. The minimum atomic E-state index is -0.750. The Labute approximate surface area is 201 Å². The third-order valence-electron chi connectivity index (χ3n) is 6.06. The van der Waals surface area contributed by atoms with Crippen LogP contribution in [-0.2, 0) is 16.3 Å². The number of carbonyl (C=O) groups excluding carboxylic acids is 1. The van der Waals surface area contributed by atoms with Gasteiger partial charge in [0, 0.05) is 18.0 Å². The molecule has 2 fully saturated rings. The molecule has 34 heavy (non-hydrogen) atoms. The van der Waals surface area contributed by atoms with E-state index >= 15 is 0 Å². The van der Waals surface area contributed by atoms with Crippen LogP contribution in [0, 0.1) is 25.6 Å². The third kappa shape index (κ3) is 5.88. The number of anilines is 2. The molecule has 1 N–H and O–H groups in total. The fourth-order valence-corrected chi connectivity index (χ4v) is 4.58. The van der Waals surface area contributed by atoms with Gasteiger partial charge in [-0.1, -0.05) is 6.07 Å². The summed E-state index contributed by atoms with van der Waals surface area (Å²) in [5, 5.41) is 3.03. The molecule has 4 rings (SSSR count). The van der Waals surface area contributed by atoms with Crippen LogP contribution in [0.25, 0.3) is 0 Å². The van der Waals surface area contributed by atoms with Crippen LogP contribution >= 0.6 is 0 Å². The molecule has 3 atom stereocenters. The highest BCUT2D eigenvalue weighted by Crippen LogP contribution is 2.42. The van der Waals surface area contributed by atoms with Crippen molar-refractivity contribution in [3.63, 3.8) is 0 Å². The van der Waals surface area contributed by atoms with Gasteiger partial charge in [0.05, 0.1) is 24.0 Å². The van der Waals surface area contributed by atoms with Crippen LogP contribution in [0.3, 0.4) is 0 Å². The van der Waals surface area contributed by atoms with Gasteiger partial charge in [0.25, 0.3) is 0 Å². The van der Waals surface area contributed by atoms with E-state index in [1.165, 1.54) is 12.4 Å². The number of nitrogens with zero attached hydrogens (tertiary/aromatic N) is 3. The van der Waals surface area contributed by atoms with Gasteiger partial charge in [-0.3, -0.25) is 0 Å². The van der Waals surface area contributed by atoms with Gasteiger partial charge < -0.3 is 19.7 Å². The van der Waals surface area contributed by atoms with E-state index in [9.17, 15) is 9.18 Å². The number of rotatable bonds is 6. The Morgan fingerprint density at radius 2 is 2.00 bits per heavy atom. The second-order valence-corrected chi connectivity index (χ2v) is 8.91. The zero-order chi connectivity index (χ0) is 24.8. The molecule has 0 saturated carbocycles. The van der Waals surface area contributed by atoms with Crippen molar-refractivity contribution in [2.45, 2.75) is 65.1 Å². The molecule has 0 aliphatic carbocycles. The highest BCUT2D eigenvalue weighted by Gasteiger charge is 2.49. The summed E-state index contributed by atoms with van der Waals surface area (Å²) < 4.78 is 42.3. The first-order valence-electron chi connectivity index (χ1n) is 11.1. The van der Waals surface area contributed by atoms with Crippen LogP contribution in [0.5, 0.6) is 5.88 Å². The molecule has 3 heterocycles. The van der Waals surface area contributed by atoms with Crippen LogP contribution in [0.4, 0.5) is 20.7 Å². The van der Waals surface area contributed by atoms with E-state index < -0.39 is 11.6 Å². The molecule has 1 aromatic heterocycles. The quantitative estimate of drug-likeness (QED) is 0.642. The van der Waals surface area contributed by atoms with Crippen LogP contribution in [0.15, 0.2) is 24.5 Å². The van der Waals surface area contributed by atoms with Crippen molar-refractivity contribution in [1.29, 1.82) is 0 Å². The lowest BCUT2D eigenvalue weighted by Gasteiger charge is -2.25. The predicted molar refractivity (Wildman–Crippen MR) is 124 cm³/mol. The van der Waals surface area contributed by atoms with Crippen molar-refractivity contribution in [3.8, 4) is 5.88 Å². The lowest BCUT2D eigenvalue weighted by atomic mass is 9.90. The maximum Gasteiger partial charge on any atom is 0.410 e. The van der Waals surface area contributed by atoms with Gasteiger partial charge in [0.15, 0.2) is 0 Å². The Morgan fingerprint density at radius 1 is 1.26 bits per heavy atom. The monoisotopic (exact) mass is 492 g/mol. The van der Waals surface area contributed by atoms with Gasteiger partial charge in [-0.2, -0.15) is 8.42 Å². The molecule has 2 aliphatic heterocycles. The minimum absolute atomic E-state index is 0.129. The summed E-state index contributed by atoms with van der Waals surface area (Å²) in [6, 6.07) is 5.36. The summed E-state index contributed by atoms with van der Waals surface area (Å²) in [7, 11) is 0. The average Bonchev–Trinajstić information content (AvgIpc) is 3.34. The second kappa shape index (κ2) is 11.4.